The van der Waals surface area contributed by atoms with Crippen LogP contribution in [-0.4, -0.2) is 60.0 Å². The van der Waals surface area contributed by atoms with E-state index >= 15 is 4.79 Å². The number of methoxy groups -OCH3 is 3. The maximum Gasteiger partial charge on any atom is 0.250 e. The number of carbonyl (C=O) groups excluding carboxylic acids is 2. The molecule has 1 saturated carbocycles. The van der Waals surface area contributed by atoms with E-state index in [1.807, 2.05) is 48.5 Å². The predicted molar refractivity (Wildman–Crippen MR) is 171 cm³/mol. The molecule has 4 unspecified atom stereocenters. The number of imidazole rings is 1. The minimum atomic E-state index is -1.26. The van der Waals surface area contributed by atoms with Gasteiger partial charge in [0.1, 0.15) is 5.54 Å². The molecule has 8 rings (SSSR count). The maximum absolute atomic E-state index is 15.2. The van der Waals surface area contributed by atoms with E-state index in [0.717, 1.165) is 42.3 Å². The van der Waals surface area contributed by atoms with Gasteiger partial charge in [-0.15, -0.1) is 0 Å². The number of aromatic amines is 1. The number of ketones is 1. The molecule has 6 atom stereocenters. The quantitative estimate of drug-likeness (QED) is 0.241. The van der Waals surface area contributed by atoms with E-state index in [4.69, 9.17) is 30.8 Å². The smallest absolute Gasteiger partial charge is 0.250 e. The third kappa shape index (κ3) is 3.93. The van der Waals surface area contributed by atoms with E-state index in [1.54, 1.807) is 27.4 Å². The second kappa shape index (κ2) is 10.5. The number of nitrogens with one attached hydrogen (secondary N) is 2. The summed E-state index contributed by atoms with van der Waals surface area (Å²) in [6.45, 7) is 0. The Bertz CT molecular complexity index is 1800. The molecule has 3 fully saturated rings. The van der Waals surface area contributed by atoms with Crippen molar-refractivity contribution in [3.05, 3.63) is 76.6 Å². The summed E-state index contributed by atoms with van der Waals surface area (Å²) in [4.78, 5) is 40.4. The van der Waals surface area contributed by atoms with E-state index < -0.39 is 11.5 Å². The van der Waals surface area contributed by atoms with Crippen LogP contribution in [0, 0.1) is 11.8 Å². The van der Waals surface area contributed by atoms with Gasteiger partial charge in [-0.05, 0) is 67.1 Å². The molecule has 0 radical (unpaired) electrons. The van der Waals surface area contributed by atoms with Gasteiger partial charge < -0.3 is 24.5 Å². The Morgan fingerprint density at radius 2 is 1.73 bits per heavy atom. The topological polar surface area (TPSA) is 106 Å². The number of carbonyl (C=O) groups is 2. The molecule has 3 aromatic carbocycles. The molecule has 232 valence electrons. The molecule has 2 saturated heterocycles. The molecule has 9 nitrogen and oxygen atoms in total. The van der Waals surface area contributed by atoms with E-state index in [2.05, 4.69) is 15.2 Å². The van der Waals surface area contributed by atoms with Gasteiger partial charge in [0, 0.05) is 34.3 Å². The molecule has 1 amide bonds. The van der Waals surface area contributed by atoms with Crippen molar-refractivity contribution in [2.45, 2.75) is 55.6 Å². The van der Waals surface area contributed by atoms with Crippen LogP contribution >= 0.6 is 11.6 Å². The fourth-order valence-electron chi connectivity index (χ4n) is 9.12. The number of benzene rings is 3. The summed E-state index contributed by atoms with van der Waals surface area (Å²) in [5.41, 5.74) is 2.51. The van der Waals surface area contributed by atoms with Gasteiger partial charge in [-0.2, -0.15) is 0 Å². The highest BCUT2D eigenvalue weighted by Crippen LogP contribution is 2.65. The number of hydrogen-bond donors (Lipinski definition) is 2. The van der Waals surface area contributed by atoms with Gasteiger partial charge in [0.2, 0.25) is 17.4 Å². The SMILES string of the molecule is COc1cc(C2C3CC4CCCC[C@H]4N3[C@@]3(C(=O)Nc4cc(Cl)ccc43)C2C(=O)c2nc3ccccc3[nH]2)cc(OC)c1OC. The van der Waals surface area contributed by atoms with E-state index in [9.17, 15) is 4.79 Å². The molecule has 10 heteroatoms. The van der Waals surface area contributed by atoms with Crippen molar-refractivity contribution in [2.75, 3.05) is 26.6 Å². The van der Waals surface area contributed by atoms with Crippen LogP contribution in [0.3, 0.4) is 0 Å². The lowest BCUT2D eigenvalue weighted by Crippen LogP contribution is -2.56. The zero-order valence-corrected chi connectivity index (χ0v) is 26.2. The number of halogens is 1. The minimum Gasteiger partial charge on any atom is -0.493 e. The van der Waals surface area contributed by atoms with Crippen molar-refractivity contribution in [3.63, 3.8) is 0 Å². The average molecular weight is 627 g/mol. The maximum atomic E-state index is 15.2. The second-order valence-electron chi connectivity index (χ2n) is 12.7. The van der Waals surface area contributed by atoms with E-state index in [0.29, 0.717) is 39.4 Å². The van der Waals surface area contributed by atoms with Crippen molar-refractivity contribution in [3.8, 4) is 17.2 Å². The standard InChI is InChI=1S/C35H35ClN4O5/c1-43-27-15-19(16-28(44-2)32(27)45-3)29-26-14-18-8-4-7-11-25(18)40(26)35(21-13-12-20(36)17-24(21)39-34(35)42)30(29)31(41)33-37-22-9-5-6-10-23(22)38-33/h5-6,9-10,12-13,15-18,25-26,29-30H,4,7-8,11,14H2,1-3H3,(H,37,38)(H,39,42)/t18?,25-,26?,29?,30?,35-/m1/s1. The molecule has 3 aliphatic heterocycles. The van der Waals surface area contributed by atoms with Crippen LogP contribution in [0.1, 0.15) is 59.8 Å². The van der Waals surface area contributed by atoms with E-state index in [1.165, 1.54) is 6.42 Å². The van der Waals surface area contributed by atoms with Crippen LogP contribution in [0.25, 0.3) is 11.0 Å². The Labute approximate surface area is 266 Å². The third-order valence-electron chi connectivity index (χ3n) is 10.7. The number of Topliss-reactive ketones (excluding diaryl/α,β-unsaturated/α-hetero) is 1. The molecule has 4 aliphatic rings. The summed E-state index contributed by atoms with van der Waals surface area (Å²) >= 11 is 6.46. The fraction of sp³-hybridized carbons (Fsp3) is 0.400. The average Bonchev–Trinajstić information content (AvgIpc) is 3.79. The summed E-state index contributed by atoms with van der Waals surface area (Å²) in [6, 6.07) is 17.1. The molecule has 4 heterocycles. The highest BCUT2D eigenvalue weighted by Gasteiger charge is 2.72. The fourth-order valence-corrected chi connectivity index (χ4v) is 9.29. The van der Waals surface area contributed by atoms with Crippen LogP contribution in [0.2, 0.25) is 5.02 Å². The Morgan fingerprint density at radius 3 is 2.47 bits per heavy atom. The first-order valence-corrected chi connectivity index (χ1v) is 16.0. The lowest BCUT2D eigenvalue weighted by Gasteiger charge is -2.42. The first-order valence-electron chi connectivity index (χ1n) is 15.6. The zero-order chi connectivity index (χ0) is 31.0. The third-order valence-corrected chi connectivity index (χ3v) is 11.0. The summed E-state index contributed by atoms with van der Waals surface area (Å²) in [6.07, 6.45) is 5.23. The first-order chi connectivity index (χ1) is 21.9. The molecule has 0 bridgehead atoms. The van der Waals surface area contributed by atoms with Gasteiger partial charge in [-0.1, -0.05) is 42.6 Å². The molecule has 2 N–H and O–H groups in total. The van der Waals surface area contributed by atoms with Crippen LogP contribution in [0.15, 0.2) is 54.6 Å². The van der Waals surface area contributed by atoms with Gasteiger partial charge in [-0.25, -0.2) is 4.98 Å². The lowest BCUT2D eigenvalue weighted by atomic mass is 9.68. The summed E-state index contributed by atoms with van der Waals surface area (Å²) in [5, 5.41) is 3.69. The van der Waals surface area contributed by atoms with Gasteiger partial charge >= 0.3 is 0 Å². The normalized spacial score (nSPS) is 28.5. The Balaban J connectivity index is 1.41. The Morgan fingerprint density at radius 1 is 0.978 bits per heavy atom. The number of amides is 1. The molecule has 4 aromatic rings. The minimum absolute atomic E-state index is 0.0911. The van der Waals surface area contributed by atoms with Crippen molar-refractivity contribution in [1.29, 1.82) is 0 Å². The first kappa shape index (κ1) is 28.4. The van der Waals surface area contributed by atoms with E-state index in [-0.39, 0.29) is 35.5 Å². The number of hydrogen-bond acceptors (Lipinski definition) is 7. The molecule has 1 aliphatic carbocycles. The van der Waals surface area contributed by atoms with Crippen molar-refractivity contribution in [1.82, 2.24) is 14.9 Å². The Kier molecular flexibility index (Phi) is 6.62. The number of aromatic nitrogens is 2. The monoisotopic (exact) mass is 626 g/mol. The van der Waals surface area contributed by atoms with Crippen molar-refractivity contribution in [2.24, 2.45) is 11.8 Å². The number of ether oxygens (including phenoxy) is 3. The molecule has 45 heavy (non-hydrogen) atoms. The van der Waals surface area contributed by atoms with Crippen molar-refractivity contribution >= 4 is 40.0 Å². The number of nitrogens with zero attached hydrogens (tertiary/aromatic N) is 2. The number of H-pyrrole nitrogens is 1. The Hall–Kier alpha value is -4.08. The van der Waals surface area contributed by atoms with Gasteiger partial charge in [0.15, 0.2) is 17.3 Å². The number of para-hydroxylation sites is 2. The highest BCUT2D eigenvalue weighted by atomic mass is 35.5. The molecule has 1 aromatic heterocycles. The molecular formula is C35H35ClN4O5. The largest absolute Gasteiger partial charge is 0.493 e. The van der Waals surface area contributed by atoms with Crippen LogP contribution < -0.4 is 19.5 Å². The van der Waals surface area contributed by atoms with Gasteiger partial charge in [0.25, 0.3) is 0 Å². The number of anilines is 1. The summed E-state index contributed by atoms with van der Waals surface area (Å²) in [7, 11) is 4.76. The number of fused-ring (bicyclic) bond motifs is 7. The highest BCUT2D eigenvalue weighted by molar-refractivity contribution is 6.31. The number of rotatable bonds is 6. The zero-order valence-electron chi connectivity index (χ0n) is 25.4. The van der Waals surface area contributed by atoms with Crippen LogP contribution in [-0.2, 0) is 10.3 Å². The van der Waals surface area contributed by atoms with Crippen LogP contribution in [0.5, 0.6) is 17.2 Å². The van der Waals surface area contributed by atoms with Gasteiger partial charge in [0.05, 0.1) is 38.3 Å². The van der Waals surface area contributed by atoms with Crippen LogP contribution in [0.4, 0.5) is 5.69 Å². The van der Waals surface area contributed by atoms with Crippen molar-refractivity contribution < 1.29 is 23.8 Å². The molecular weight excluding hydrogens is 592 g/mol. The summed E-state index contributed by atoms with van der Waals surface area (Å²) in [5.74, 6) is 0.581. The second-order valence-corrected chi connectivity index (χ2v) is 13.1. The summed E-state index contributed by atoms with van der Waals surface area (Å²) < 4.78 is 17.3. The lowest BCUT2D eigenvalue weighted by molar-refractivity contribution is -0.129. The predicted octanol–water partition coefficient (Wildman–Crippen LogP) is 6.32. The van der Waals surface area contributed by atoms with Gasteiger partial charge in [-0.3, -0.25) is 14.5 Å². The molecule has 1 spiro atoms.